The van der Waals surface area contributed by atoms with Crippen LogP contribution in [0.3, 0.4) is 0 Å². The van der Waals surface area contributed by atoms with Crippen LogP contribution >= 0.6 is 7.82 Å². The summed E-state index contributed by atoms with van der Waals surface area (Å²) in [5.74, 6) is -0.816. The zero-order valence-electron chi connectivity index (χ0n) is 39.0. The molecule has 0 N–H and O–H groups in total. The number of rotatable bonds is 46. The first-order valence-electron chi connectivity index (χ1n) is 24.7. The van der Waals surface area contributed by atoms with Crippen LogP contribution in [0.2, 0.25) is 0 Å². The topological polar surface area (TPSA) is 111 Å². The Kier molecular flexibility index (Phi) is 40.7. The van der Waals surface area contributed by atoms with E-state index in [9.17, 15) is 19.0 Å². The normalized spacial score (nSPS) is 13.4. The van der Waals surface area contributed by atoms with E-state index in [4.69, 9.17) is 18.5 Å². The number of phosphoric ester groups is 1. The zero-order valence-corrected chi connectivity index (χ0v) is 39.9. The lowest BCUT2D eigenvalue weighted by molar-refractivity contribution is -0.870. The van der Waals surface area contributed by atoms with Crippen molar-refractivity contribution in [2.24, 2.45) is 0 Å². The number of hydrogen-bond acceptors (Lipinski definition) is 8. The second kappa shape index (κ2) is 41.4. The Hall–Kier alpha value is -0.990. The quantitative estimate of drug-likeness (QED) is 0.0258. The molecule has 0 bridgehead atoms. The van der Waals surface area contributed by atoms with Crippen molar-refractivity contribution in [3.8, 4) is 0 Å². The van der Waals surface area contributed by atoms with Crippen LogP contribution in [-0.4, -0.2) is 70.0 Å². The third-order valence-corrected chi connectivity index (χ3v) is 12.1. The summed E-state index contributed by atoms with van der Waals surface area (Å²) in [7, 11) is 1.18. The molecule has 346 valence electrons. The standard InChI is InChI=1S/C48H96NO8P/c1-6-8-10-12-14-16-18-20-21-22-23-24-25-26-27-29-30-32-34-36-38-40-47(50)54-44-46(45-56-58(52,53)55-43-42-49(3,4)5)57-48(51)41-39-37-35-33-31-28-19-17-15-13-11-9-7-2/h46H,6-45H2,1-5H3/t46-/m0/s1. The van der Waals surface area contributed by atoms with Gasteiger partial charge in [-0.1, -0.05) is 219 Å². The first-order valence-corrected chi connectivity index (χ1v) is 26.2. The summed E-state index contributed by atoms with van der Waals surface area (Å²) >= 11 is 0. The van der Waals surface area contributed by atoms with E-state index in [1.165, 1.54) is 180 Å². The highest BCUT2D eigenvalue weighted by molar-refractivity contribution is 7.45. The lowest BCUT2D eigenvalue weighted by Gasteiger charge is -2.28. The van der Waals surface area contributed by atoms with Crippen LogP contribution < -0.4 is 4.89 Å². The van der Waals surface area contributed by atoms with E-state index in [0.717, 1.165) is 32.1 Å². The number of carbonyl (C=O) groups is 2. The molecule has 0 heterocycles. The van der Waals surface area contributed by atoms with Gasteiger partial charge in [-0.25, -0.2) is 0 Å². The van der Waals surface area contributed by atoms with Gasteiger partial charge in [-0.3, -0.25) is 14.2 Å². The van der Waals surface area contributed by atoms with Crippen LogP contribution in [0.15, 0.2) is 0 Å². The lowest BCUT2D eigenvalue weighted by Crippen LogP contribution is -2.37. The smallest absolute Gasteiger partial charge is 0.306 e. The van der Waals surface area contributed by atoms with Crippen molar-refractivity contribution in [1.82, 2.24) is 0 Å². The molecule has 9 nitrogen and oxygen atoms in total. The Labute approximate surface area is 359 Å². The predicted octanol–water partition coefficient (Wildman–Crippen LogP) is 13.7. The third-order valence-electron chi connectivity index (χ3n) is 11.1. The number of nitrogens with zero attached hydrogens (tertiary/aromatic N) is 1. The summed E-state index contributed by atoms with van der Waals surface area (Å²) in [6, 6.07) is 0. The summed E-state index contributed by atoms with van der Waals surface area (Å²) in [4.78, 5) is 37.6. The number of hydrogen-bond donors (Lipinski definition) is 0. The average molecular weight is 846 g/mol. The van der Waals surface area contributed by atoms with Crippen molar-refractivity contribution < 1.29 is 42.1 Å². The maximum atomic E-state index is 12.7. The zero-order chi connectivity index (χ0) is 42.8. The molecule has 0 aliphatic carbocycles. The maximum Gasteiger partial charge on any atom is 0.306 e. The maximum absolute atomic E-state index is 12.7. The SMILES string of the molecule is CCCCCCCCCCCCCCCCCCCCCCCC(=O)OC[C@@H](COP(=O)([O-])OCC[N+](C)(C)C)OC(=O)CCCCCCCCCCCCCCC. The van der Waals surface area contributed by atoms with Crippen molar-refractivity contribution in [3.63, 3.8) is 0 Å². The van der Waals surface area contributed by atoms with Crippen LogP contribution in [0.5, 0.6) is 0 Å². The monoisotopic (exact) mass is 846 g/mol. The molecule has 0 amide bonds. The van der Waals surface area contributed by atoms with E-state index < -0.39 is 26.5 Å². The highest BCUT2D eigenvalue weighted by atomic mass is 31.2. The number of quaternary nitrogens is 1. The molecule has 0 radical (unpaired) electrons. The van der Waals surface area contributed by atoms with E-state index in [0.29, 0.717) is 17.4 Å². The van der Waals surface area contributed by atoms with E-state index in [1.807, 2.05) is 21.1 Å². The second-order valence-corrected chi connectivity index (χ2v) is 19.6. The minimum absolute atomic E-state index is 0.0255. The minimum Gasteiger partial charge on any atom is -0.756 e. The van der Waals surface area contributed by atoms with Crippen LogP contribution in [0.25, 0.3) is 0 Å². The molecule has 0 aliphatic rings. The Bertz CT molecular complexity index is 958. The minimum atomic E-state index is -4.62. The molecular weight excluding hydrogens is 750 g/mol. The van der Waals surface area contributed by atoms with Gasteiger partial charge in [0.05, 0.1) is 27.7 Å². The number of esters is 2. The first kappa shape index (κ1) is 57.0. The molecule has 1 unspecified atom stereocenters. The van der Waals surface area contributed by atoms with Gasteiger partial charge in [-0.05, 0) is 12.8 Å². The number of ether oxygens (including phenoxy) is 2. The molecule has 0 aliphatic heterocycles. The summed E-state index contributed by atoms with van der Waals surface area (Å²) < 4.78 is 34.0. The Morgan fingerprint density at radius 2 is 0.776 bits per heavy atom. The van der Waals surface area contributed by atoms with Gasteiger partial charge >= 0.3 is 11.9 Å². The fourth-order valence-corrected chi connectivity index (χ4v) is 7.97. The highest BCUT2D eigenvalue weighted by Crippen LogP contribution is 2.38. The molecule has 0 aromatic heterocycles. The van der Waals surface area contributed by atoms with Gasteiger partial charge in [0.25, 0.3) is 7.82 Å². The van der Waals surface area contributed by atoms with Gasteiger partial charge in [0.1, 0.15) is 19.8 Å². The molecule has 0 aromatic carbocycles. The molecule has 0 aromatic rings. The highest BCUT2D eigenvalue weighted by Gasteiger charge is 2.21. The van der Waals surface area contributed by atoms with Gasteiger partial charge in [0.2, 0.25) is 0 Å². The molecule has 0 spiro atoms. The number of unbranched alkanes of at least 4 members (excludes halogenated alkanes) is 32. The van der Waals surface area contributed by atoms with Crippen molar-refractivity contribution in [3.05, 3.63) is 0 Å². The van der Waals surface area contributed by atoms with E-state index in [-0.39, 0.29) is 32.0 Å². The summed E-state index contributed by atoms with van der Waals surface area (Å²) in [6.07, 6.45) is 42.7. The van der Waals surface area contributed by atoms with E-state index >= 15 is 0 Å². The van der Waals surface area contributed by atoms with Gasteiger partial charge in [-0.2, -0.15) is 0 Å². The Morgan fingerprint density at radius 3 is 1.10 bits per heavy atom. The average Bonchev–Trinajstić information content (AvgIpc) is 3.17. The Morgan fingerprint density at radius 1 is 0.466 bits per heavy atom. The van der Waals surface area contributed by atoms with Gasteiger partial charge < -0.3 is 27.9 Å². The number of phosphoric acid groups is 1. The fraction of sp³-hybridized carbons (Fsp3) is 0.958. The first-order chi connectivity index (χ1) is 28.0. The predicted molar refractivity (Wildman–Crippen MR) is 241 cm³/mol. The molecule has 0 rings (SSSR count). The fourth-order valence-electron chi connectivity index (χ4n) is 7.25. The van der Waals surface area contributed by atoms with Gasteiger partial charge in [0.15, 0.2) is 6.10 Å². The van der Waals surface area contributed by atoms with Gasteiger partial charge in [0, 0.05) is 12.8 Å². The third kappa shape index (κ3) is 44.6. The summed E-state index contributed by atoms with van der Waals surface area (Å²) in [5, 5.41) is 0. The summed E-state index contributed by atoms with van der Waals surface area (Å²) in [6.45, 7) is 4.28. The molecule has 10 heteroatoms. The Balaban J connectivity index is 4.17. The summed E-state index contributed by atoms with van der Waals surface area (Å²) in [5.41, 5.74) is 0. The van der Waals surface area contributed by atoms with E-state index in [2.05, 4.69) is 13.8 Å². The molecule has 2 atom stereocenters. The van der Waals surface area contributed by atoms with Crippen LogP contribution in [0.4, 0.5) is 0 Å². The second-order valence-electron chi connectivity index (χ2n) is 18.2. The van der Waals surface area contributed by atoms with Gasteiger partial charge in [-0.15, -0.1) is 0 Å². The molecule has 0 saturated carbocycles. The molecule has 0 saturated heterocycles. The van der Waals surface area contributed by atoms with Crippen molar-refractivity contribution >= 4 is 19.8 Å². The molecule has 58 heavy (non-hydrogen) atoms. The van der Waals surface area contributed by atoms with Crippen molar-refractivity contribution in [1.29, 1.82) is 0 Å². The van der Waals surface area contributed by atoms with Crippen LogP contribution in [-0.2, 0) is 32.7 Å². The largest absolute Gasteiger partial charge is 0.756 e. The van der Waals surface area contributed by atoms with Crippen LogP contribution in [0.1, 0.15) is 245 Å². The number of carbonyl (C=O) groups excluding carboxylic acids is 2. The lowest BCUT2D eigenvalue weighted by atomic mass is 10.0. The van der Waals surface area contributed by atoms with Crippen molar-refractivity contribution in [2.45, 2.75) is 251 Å². The van der Waals surface area contributed by atoms with E-state index in [1.54, 1.807) is 0 Å². The number of likely N-dealkylation sites (N-methyl/N-ethyl adjacent to an activating group) is 1. The molecule has 0 fully saturated rings. The van der Waals surface area contributed by atoms with Crippen molar-refractivity contribution in [2.75, 3.05) is 47.5 Å². The molecular formula is C48H96NO8P. The van der Waals surface area contributed by atoms with Crippen LogP contribution in [0, 0.1) is 0 Å².